The Morgan fingerprint density at radius 2 is 1.74 bits per heavy atom. The van der Waals surface area contributed by atoms with Crippen molar-refractivity contribution in [2.45, 2.75) is 0 Å². The average molecular weight is 536 g/mol. The molecule has 1 heterocycles. The van der Waals surface area contributed by atoms with Crippen LogP contribution in [0.25, 0.3) is 6.08 Å². The zero-order valence-corrected chi connectivity index (χ0v) is 22.1. The first-order valence-corrected chi connectivity index (χ1v) is 12.9. The second-order valence-corrected chi connectivity index (χ2v) is 9.46. The fourth-order valence-electron chi connectivity index (χ4n) is 4.43. The minimum Gasteiger partial charge on any atom is -0.496 e. The van der Waals surface area contributed by atoms with E-state index in [9.17, 15) is 14.0 Å². The molecule has 0 aliphatic carbocycles. The molecular formula is C30H31ClFN3O3. The SMILES string of the molecule is COc1ccccc1/C=C/CN(CCN1CCN(C(=O)c2ccccc2F)CC1)C(=O)c1cccc(Cl)c1. The number of methoxy groups -OCH3 is 1. The van der Waals surface area contributed by atoms with Crippen molar-refractivity contribution in [2.75, 3.05) is 52.9 Å². The summed E-state index contributed by atoms with van der Waals surface area (Å²) in [5.41, 5.74) is 1.56. The maximum absolute atomic E-state index is 14.1. The third-order valence-electron chi connectivity index (χ3n) is 6.57. The van der Waals surface area contributed by atoms with Crippen molar-refractivity contribution in [3.63, 3.8) is 0 Å². The minimum absolute atomic E-state index is 0.0982. The Morgan fingerprint density at radius 3 is 2.47 bits per heavy atom. The monoisotopic (exact) mass is 535 g/mol. The van der Waals surface area contributed by atoms with Gasteiger partial charge in [0.05, 0.1) is 12.7 Å². The zero-order chi connectivity index (χ0) is 26.9. The number of nitrogens with zero attached hydrogens (tertiary/aromatic N) is 3. The Bertz CT molecular complexity index is 1290. The lowest BCUT2D eigenvalue weighted by molar-refractivity contribution is 0.0606. The van der Waals surface area contributed by atoms with E-state index in [1.807, 2.05) is 36.4 Å². The first-order chi connectivity index (χ1) is 18.5. The van der Waals surface area contributed by atoms with E-state index in [1.54, 1.807) is 53.3 Å². The van der Waals surface area contributed by atoms with E-state index < -0.39 is 5.82 Å². The summed E-state index contributed by atoms with van der Waals surface area (Å²) in [6.45, 7) is 3.87. The molecule has 1 aliphatic rings. The van der Waals surface area contributed by atoms with Gasteiger partial charge in [-0.3, -0.25) is 14.5 Å². The minimum atomic E-state index is -0.503. The standard InChI is InChI=1S/C30H31ClFN3O3/c1-38-28-14-5-2-8-23(28)10-7-15-34(29(36)24-9-6-11-25(31)22-24)19-16-33-17-20-35(21-18-33)30(37)26-12-3-4-13-27(26)32/h2-14,22H,15-21H2,1H3/b10-7+. The van der Waals surface area contributed by atoms with Gasteiger partial charge in [-0.1, -0.05) is 60.2 Å². The van der Waals surface area contributed by atoms with Crippen molar-refractivity contribution in [1.82, 2.24) is 14.7 Å². The summed E-state index contributed by atoms with van der Waals surface area (Å²) in [7, 11) is 1.63. The van der Waals surface area contributed by atoms with Crippen LogP contribution in [0.4, 0.5) is 4.39 Å². The molecule has 0 aromatic heterocycles. The van der Waals surface area contributed by atoms with Crippen molar-refractivity contribution in [3.8, 4) is 5.75 Å². The Balaban J connectivity index is 1.38. The number of rotatable bonds is 9. The molecule has 0 N–H and O–H groups in total. The summed E-state index contributed by atoms with van der Waals surface area (Å²) in [5, 5.41) is 0.510. The summed E-state index contributed by atoms with van der Waals surface area (Å²) in [6, 6.07) is 20.7. The van der Waals surface area contributed by atoms with Gasteiger partial charge < -0.3 is 14.5 Å². The van der Waals surface area contributed by atoms with Gasteiger partial charge in [-0.25, -0.2) is 4.39 Å². The quantitative estimate of drug-likeness (QED) is 0.382. The highest BCUT2D eigenvalue weighted by atomic mass is 35.5. The second-order valence-electron chi connectivity index (χ2n) is 9.02. The largest absolute Gasteiger partial charge is 0.496 e. The molecule has 0 radical (unpaired) electrons. The van der Waals surface area contributed by atoms with Crippen LogP contribution < -0.4 is 4.74 Å². The second kappa shape index (κ2) is 13.2. The molecule has 198 valence electrons. The van der Waals surface area contributed by atoms with Crippen LogP contribution in [0.1, 0.15) is 26.3 Å². The number of amides is 2. The first-order valence-electron chi connectivity index (χ1n) is 12.6. The van der Waals surface area contributed by atoms with Gasteiger partial charge in [-0.05, 0) is 36.4 Å². The van der Waals surface area contributed by atoms with E-state index in [2.05, 4.69) is 4.90 Å². The average Bonchev–Trinajstić information content (AvgIpc) is 2.95. The van der Waals surface area contributed by atoms with E-state index in [0.717, 1.165) is 11.3 Å². The third kappa shape index (κ3) is 7.00. The van der Waals surface area contributed by atoms with Crippen LogP contribution in [0.3, 0.4) is 0 Å². The van der Waals surface area contributed by atoms with Crippen LogP contribution in [0.5, 0.6) is 5.75 Å². The number of benzene rings is 3. The Hall–Kier alpha value is -3.68. The summed E-state index contributed by atoms with van der Waals surface area (Å²) in [4.78, 5) is 31.8. The van der Waals surface area contributed by atoms with Crippen LogP contribution in [0.2, 0.25) is 5.02 Å². The molecule has 1 aliphatic heterocycles. The van der Waals surface area contributed by atoms with Crippen LogP contribution in [-0.4, -0.2) is 79.4 Å². The van der Waals surface area contributed by atoms with E-state index in [0.29, 0.717) is 56.4 Å². The lowest BCUT2D eigenvalue weighted by Crippen LogP contribution is -2.50. The summed E-state index contributed by atoms with van der Waals surface area (Å²) in [5.74, 6) is -0.136. The van der Waals surface area contributed by atoms with Crippen molar-refractivity contribution in [1.29, 1.82) is 0 Å². The van der Waals surface area contributed by atoms with Gasteiger partial charge in [0.25, 0.3) is 11.8 Å². The van der Waals surface area contributed by atoms with Gasteiger partial charge in [0, 0.05) is 62.0 Å². The topological polar surface area (TPSA) is 53.1 Å². The molecule has 4 rings (SSSR count). The van der Waals surface area contributed by atoms with Crippen LogP contribution in [0.15, 0.2) is 78.9 Å². The Labute approximate surface area is 227 Å². The highest BCUT2D eigenvalue weighted by Crippen LogP contribution is 2.19. The van der Waals surface area contributed by atoms with Crippen molar-refractivity contribution >= 4 is 29.5 Å². The van der Waals surface area contributed by atoms with E-state index in [4.69, 9.17) is 16.3 Å². The highest BCUT2D eigenvalue weighted by molar-refractivity contribution is 6.30. The number of para-hydroxylation sites is 1. The Morgan fingerprint density at radius 1 is 1.00 bits per heavy atom. The van der Waals surface area contributed by atoms with Gasteiger partial charge in [0.15, 0.2) is 0 Å². The number of hydrogen-bond acceptors (Lipinski definition) is 4. The summed E-state index contributed by atoms with van der Waals surface area (Å²) in [6.07, 6.45) is 3.90. The number of piperazine rings is 1. The lowest BCUT2D eigenvalue weighted by atomic mass is 10.1. The van der Waals surface area contributed by atoms with Crippen LogP contribution >= 0.6 is 11.6 Å². The van der Waals surface area contributed by atoms with Crippen molar-refractivity contribution in [3.05, 3.63) is 106 Å². The predicted octanol–water partition coefficient (Wildman–Crippen LogP) is 5.10. The molecule has 1 fully saturated rings. The molecule has 8 heteroatoms. The Kier molecular flexibility index (Phi) is 9.51. The molecule has 3 aromatic carbocycles. The van der Waals surface area contributed by atoms with Gasteiger partial charge >= 0.3 is 0 Å². The molecule has 38 heavy (non-hydrogen) atoms. The number of carbonyl (C=O) groups is 2. The van der Waals surface area contributed by atoms with E-state index in [-0.39, 0.29) is 17.4 Å². The van der Waals surface area contributed by atoms with E-state index >= 15 is 0 Å². The molecule has 0 bridgehead atoms. The van der Waals surface area contributed by atoms with Gasteiger partial charge in [0.2, 0.25) is 0 Å². The molecule has 0 spiro atoms. The molecule has 0 unspecified atom stereocenters. The summed E-state index contributed by atoms with van der Waals surface area (Å²) < 4.78 is 19.5. The van der Waals surface area contributed by atoms with Crippen molar-refractivity contribution in [2.24, 2.45) is 0 Å². The maximum Gasteiger partial charge on any atom is 0.256 e. The van der Waals surface area contributed by atoms with Gasteiger partial charge in [0.1, 0.15) is 11.6 Å². The maximum atomic E-state index is 14.1. The number of carbonyl (C=O) groups excluding carboxylic acids is 2. The van der Waals surface area contributed by atoms with E-state index in [1.165, 1.54) is 12.1 Å². The molecule has 3 aromatic rings. The molecule has 1 saturated heterocycles. The number of ether oxygens (including phenoxy) is 1. The zero-order valence-electron chi connectivity index (χ0n) is 21.4. The third-order valence-corrected chi connectivity index (χ3v) is 6.81. The fourth-order valence-corrected chi connectivity index (χ4v) is 4.62. The molecule has 2 amide bonds. The molecule has 0 saturated carbocycles. The van der Waals surface area contributed by atoms with Gasteiger partial charge in [-0.2, -0.15) is 0 Å². The van der Waals surface area contributed by atoms with Crippen molar-refractivity contribution < 1.29 is 18.7 Å². The predicted molar refractivity (Wildman–Crippen MR) is 148 cm³/mol. The number of hydrogen-bond donors (Lipinski definition) is 0. The number of halogens is 2. The molecular weight excluding hydrogens is 505 g/mol. The fraction of sp³-hybridized carbons (Fsp3) is 0.267. The summed E-state index contributed by atoms with van der Waals surface area (Å²) >= 11 is 6.14. The van der Waals surface area contributed by atoms with Crippen LogP contribution in [-0.2, 0) is 0 Å². The molecule has 0 atom stereocenters. The van der Waals surface area contributed by atoms with Gasteiger partial charge in [-0.15, -0.1) is 0 Å². The highest BCUT2D eigenvalue weighted by Gasteiger charge is 2.24. The lowest BCUT2D eigenvalue weighted by Gasteiger charge is -2.36. The first kappa shape index (κ1) is 27.4. The normalized spacial score (nSPS) is 14.0. The smallest absolute Gasteiger partial charge is 0.256 e. The van der Waals surface area contributed by atoms with Crippen LogP contribution in [0, 0.1) is 5.82 Å². The molecule has 6 nitrogen and oxygen atoms in total.